The van der Waals surface area contributed by atoms with Crippen LogP contribution in [-0.4, -0.2) is 27.6 Å². The number of aryl methyl sites for hydroxylation is 1. The van der Waals surface area contributed by atoms with Crippen LogP contribution in [0.4, 0.5) is 0 Å². The molecule has 1 aliphatic carbocycles. The van der Waals surface area contributed by atoms with Gasteiger partial charge in [-0.05, 0) is 12.5 Å². The number of aliphatic carboxylic acids is 1. The molecule has 1 heterocycles. The lowest BCUT2D eigenvalue weighted by atomic mass is 10.1. The molecule has 2 rings (SSSR count). The minimum Gasteiger partial charge on any atom is -0.481 e. The van der Waals surface area contributed by atoms with Gasteiger partial charge in [-0.3, -0.25) is 9.59 Å². The highest BCUT2D eigenvalue weighted by atomic mass is 35.5. The SMILES string of the molecule is Cn1cc(Cl)cc1C(=O)NC1C=CC(C(=O)O)C1. The van der Waals surface area contributed by atoms with Crippen molar-refractivity contribution in [1.82, 2.24) is 9.88 Å². The molecule has 1 aromatic rings. The molecule has 0 bridgehead atoms. The summed E-state index contributed by atoms with van der Waals surface area (Å²) in [5.41, 5.74) is 0.451. The normalized spacial score (nSPS) is 22.1. The smallest absolute Gasteiger partial charge is 0.310 e. The van der Waals surface area contributed by atoms with Gasteiger partial charge in [0.15, 0.2) is 0 Å². The summed E-state index contributed by atoms with van der Waals surface area (Å²) in [6, 6.07) is 1.33. The molecule has 2 unspecified atom stereocenters. The number of hydrogen-bond acceptors (Lipinski definition) is 2. The fraction of sp³-hybridized carbons (Fsp3) is 0.333. The molecule has 0 fully saturated rings. The van der Waals surface area contributed by atoms with Crippen LogP contribution in [0, 0.1) is 5.92 Å². The summed E-state index contributed by atoms with van der Waals surface area (Å²) in [5, 5.41) is 12.1. The van der Waals surface area contributed by atoms with Crippen LogP contribution in [-0.2, 0) is 11.8 Å². The Kier molecular flexibility index (Phi) is 3.43. The van der Waals surface area contributed by atoms with Crippen molar-refractivity contribution >= 4 is 23.5 Å². The number of carbonyl (C=O) groups is 2. The number of carboxylic acid groups (broad SMARTS) is 1. The Hall–Kier alpha value is -1.75. The summed E-state index contributed by atoms with van der Waals surface area (Å²) in [5.74, 6) is -1.65. The zero-order valence-electron chi connectivity index (χ0n) is 9.76. The van der Waals surface area contributed by atoms with Gasteiger partial charge in [-0.25, -0.2) is 0 Å². The number of aromatic nitrogens is 1. The molecule has 1 amide bonds. The second kappa shape index (κ2) is 4.86. The molecule has 0 saturated carbocycles. The Labute approximate surface area is 109 Å². The highest BCUT2D eigenvalue weighted by molar-refractivity contribution is 6.31. The Morgan fingerprint density at radius 1 is 1.50 bits per heavy atom. The van der Waals surface area contributed by atoms with E-state index in [1.165, 1.54) is 0 Å². The predicted molar refractivity (Wildman–Crippen MR) is 66.6 cm³/mol. The number of nitrogens with zero attached hydrogens (tertiary/aromatic N) is 1. The van der Waals surface area contributed by atoms with Crippen molar-refractivity contribution in [2.24, 2.45) is 13.0 Å². The van der Waals surface area contributed by atoms with E-state index in [1.54, 1.807) is 36.0 Å². The van der Waals surface area contributed by atoms with Gasteiger partial charge in [-0.15, -0.1) is 0 Å². The molecule has 1 aromatic heterocycles. The molecule has 0 radical (unpaired) electrons. The monoisotopic (exact) mass is 268 g/mol. The van der Waals surface area contributed by atoms with Gasteiger partial charge >= 0.3 is 5.97 Å². The third-order valence-corrected chi connectivity index (χ3v) is 3.13. The molecule has 18 heavy (non-hydrogen) atoms. The first-order valence-corrected chi connectivity index (χ1v) is 5.89. The first-order valence-electron chi connectivity index (χ1n) is 5.51. The zero-order chi connectivity index (χ0) is 13.3. The quantitative estimate of drug-likeness (QED) is 0.815. The highest BCUT2D eigenvalue weighted by Crippen LogP contribution is 2.19. The number of carbonyl (C=O) groups excluding carboxylic acids is 1. The zero-order valence-corrected chi connectivity index (χ0v) is 10.5. The van der Waals surface area contributed by atoms with Crippen LogP contribution >= 0.6 is 11.6 Å². The number of carboxylic acids is 1. The minimum atomic E-state index is -0.870. The van der Waals surface area contributed by atoms with E-state index in [-0.39, 0.29) is 11.9 Å². The van der Waals surface area contributed by atoms with Gasteiger partial charge in [-0.2, -0.15) is 0 Å². The van der Waals surface area contributed by atoms with E-state index >= 15 is 0 Å². The Morgan fingerprint density at radius 3 is 2.72 bits per heavy atom. The van der Waals surface area contributed by atoms with Crippen molar-refractivity contribution in [1.29, 1.82) is 0 Å². The number of rotatable bonds is 3. The van der Waals surface area contributed by atoms with Gasteiger partial charge in [0.2, 0.25) is 0 Å². The van der Waals surface area contributed by atoms with Gasteiger partial charge in [0.05, 0.1) is 10.9 Å². The summed E-state index contributed by atoms with van der Waals surface area (Å²) < 4.78 is 1.63. The van der Waals surface area contributed by atoms with Gasteiger partial charge < -0.3 is 15.0 Å². The van der Waals surface area contributed by atoms with E-state index in [2.05, 4.69) is 5.32 Å². The second-order valence-electron chi connectivity index (χ2n) is 4.30. The first-order chi connectivity index (χ1) is 8.47. The largest absolute Gasteiger partial charge is 0.481 e. The minimum absolute atomic E-state index is 0.243. The van der Waals surface area contributed by atoms with Crippen molar-refractivity contribution in [2.45, 2.75) is 12.5 Å². The molecule has 0 aromatic carbocycles. The molecule has 0 spiro atoms. The maximum absolute atomic E-state index is 11.9. The van der Waals surface area contributed by atoms with Crippen LogP contribution in [0.5, 0.6) is 0 Å². The molecule has 2 N–H and O–H groups in total. The summed E-state index contributed by atoms with van der Waals surface area (Å²) in [4.78, 5) is 22.7. The summed E-state index contributed by atoms with van der Waals surface area (Å²) in [6.07, 6.45) is 5.34. The Balaban J connectivity index is 2.00. The average Bonchev–Trinajstić information content (AvgIpc) is 2.85. The lowest BCUT2D eigenvalue weighted by Gasteiger charge is -2.12. The second-order valence-corrected chi connectivity index (χ2v) is 4.74. The Bertz CT molecular complexity index is 521. The fourth-order valence-electron chi connectivity index (χ4n) is 1.98. The molecule has 96 valence electrons. The maximum atomic E-state index is 11.9. The van der Waals surface area contributed by atoms with Crippen molar-refractivity contribution in [3.63, 3.8) is 0 Å². The molecule has 2 atom stereocenters. The lowest BCUT2D eigenvalue weighted by molar-refractivity contribution is -0.140. The summed E-state index contributed by atoms with van der Waals surface area (Å²) in [7, 11) is 1.73. The van der Waals surface area contributed by atoms with E-state index in [0.717, 1.165) is 0 Å². The van der Waals surface area contributed by atoms with Crippen LogP contribution in [0.3, 0.4) is 0 Å². The van der Waals surface area contributed by atoms with E-state index in [1.807, 2.05) is 0 Å². The number of halogens is 1. The summed E-state index contributed by atoms with van der Waals surface area (Å²) >= 11 is 5.80. The molecule has 0 aliphatic heterocycles. The van der Waals surface area contributed by atoms with Crippen LogP contribution < -0.4 is 5.32 Å². The van der Waals surface area contributed by atoms with Crippen molar-refractivity contribution in [2.75, 3.05) is 0 Å². The molecule has 1 aliphatic rings. The standard InChI is InChI=1S/C12H13ClN2O3/c1-15-6-8(13)5-10(15)11(16)14-9-3-2-7(4-9)12(17)18/h2-3,5-7,9H,4H2,1H3,(H,14,16)(H,17,18). The van der Waals surface area contributed by atoms with E-state index in [4.69, 9.17) is 16.7 Å². The van der Waals surface area contributed by atoms with E-state index in [0.29, 0.717) is 17.1 Å². The highest BCUT2D eigenvalue weighted by Gasteiger charge is 2.26. The van der Waals surface area contributed by atoms with E-state index < -0.39 is 11.9 Å². The van der Waals surface area contributed by atoms with Gasteiger partial charge in [0.25, 0.3) is 5.91 Å². The van der Waals surface area contributed by atoms with E-state index in [9.17, 15) is 9.59 Å². The van der Waals surface area contributed by atoms with Crippen LogP contribution in [0.15, 0.2) is 24.4 Å². The van der Waals surface area contributed by atoms with Crippen LogP contribution in [0.1, 0.15) is 16.9 Å². The van der Waals surface area contributed by atoms with Crippen LogP contribution in [0.25, 0.3) is 0 Å². The van der Waals surface area contributed by atoms with Crippen molar-refractivity contribution < 1.29 is 14.7 Å². The average molecular weight is 269 g/mol. The Morgan fingerprint density at radius 2 is 2.22 bits per heavy atom. The van der Waals surface area contributed by atoms with Crippen LogP contribution in [0.2, 0.25) is 5.02 Å². The topological polar surface area (TPSA) is 71.3 Å². The first kappa shape index (κ1) is 12.7. The number of nitrogens with one attached hydrogen (secondary N) is 1. The van der Waals surface area contributed by atoms with Gasteiger partial charge in [0, 0.05) is 19.3 Å². The third kappa shape index (κ3) is 2.56. The number of hydrogen-bond donors (Lipinski definition) is 2. The summed E-state index contributed by atoms with van der Waals surface area (Å²) in [6.45, 7) is 0. The predicted octanol–water partition coefficient (Wildman–Crippen LogP) is 1.44. The van der Waals surface area contributed by atoms with Crippen molar-refractivity contribution in [3.8, 4) is 0 Å². The molecular formula is C12H13ClN2O3. The lowest BCUT2D eigenvalue weighted by Crippen LogP contribution is -2.34. The molecular weight excluding hydrogens is 256 g/mol. The molecule has 5 nitrogen and oxygen atoms in total. The van der Waals surface area contributed by atoms with Gasteiger partial charge in [0.1, 0.15) is 5.69 Å². The molecule has 0 saturated heterocycles. The van der Waals surface area contributed by atoms with Crippen molar-refractivity contribution in [3.05, 3.63) is 35.1 Å². The maximum Gasteiger partial charge on any atom is 0.310 e. The third-order valence-electron chi connectivity index (χ3n) is 2.92. The number of amides is 1. The molecule has 6 heteroatoms. The fourth-order valence-corrected chi connectivity index (χ4v) is 2.23. The van der Waals surface area contributed by atoms with Gasteiger partial charge in [-0.1, -0.05) is 23.8 Å².